The van der Waals surface area contributed by atoms with Gasteiger partial charge < -0.3 is 14.7 Å². The lowest BCUT2D eigenvalue weighted by Crippen LogP contribution is -2.48. The molecule has 0 spiro atoms. The van der Waals surface area contributed by atoms with Gasteiger partial charge in [0.25, 0.3) is 5.95 Å². The van der Waals surface area contributed by atoms with Crippen molar-refractivity contribution in [2.24, 2.45) is 0 Å². The Labute approximate surface area is 126 Å². The highest BCUT2D eigenvalue weighted by molar-refractivity contribution is 6.28. The predicted molar refractivity (Wildman–Crippen MR) is 75.6 cm³/mol. The minimum absolute atomic E-state index is 0.0282. The zero-order valence-corrected chi connectivity index (χ0v) is 12.2. The lowest BCUT2D eigenvalue weighted by Gasteiger charge is -2.36. The molecule has 3 rings (SSSR count). The highest BCUT2D eigenvalue weighted by Crippen LogP contribution is 2.18. The zero-order valence-electron chi connectivity index (χ0n) is 11.4. The summed E-state index contributed by atoms with van der Waals surface area (Å²) in [5.74, 6) is 0.809. The summed E-state index contributed by atoms with van der Waals surface area (Å²) in [6.07, 6.45) is 3.07. The maximum Gasteiger partial charge on any atom is 0.256 e. The zero-order chi connectivity index (χ0) is 14.8. The summed E-state index contributed by atoms with van der Waals surface area (Å²) in [4.78, 5) is 14.5. The van der Waals surface area contributed by atoms with Crippen LogP contribution in [0.5, 0.6) is 0 Å². The van der Waals surface area contributed by atoms with Crippen LogP contribution in [0.3, 0.4) is 0 Å². The first-order valence-electron chi connectivity index (χ1n) is 6.58. The number of rotatable bonds is 3. The molecule has 1 saturated heterocycles. The first kappa shape index (κ1) is 14.2. The molecule has 1 N–H and O–H groups in total. The topological polar surface area (TPSA) is 89.2 Å². The number of morpholine rings is 1. The first-order chi connectivity index (χ1) is 10.2. The van der Waals surface area contributed by atoms with Gasteiger partial charge in [0.1, 0.15) is 0 Å². The van der Waals surface area contributed by atoms with Gasteiger partial charge in [-0.3, -0.25) is 0 Å². The van der Waals surface area contributed by atoms with Crippen molar-refractivity contribution in [3.63, 3.8) is 0 Å². The van der Waals surface area contributed by atoms with Crippen LogP contribution in [0.25, 0.3) is 5.95 Å². The summed E-state index contributed by atoms with van der Waals surface area (Å²) >= 11 is 5.98. The van der Waals surface area contributed by atoms with E-state index in [9.17, 15) is 5.11 Å². The van der Waals surface area contributed by atoms with Crippen LogP contribution in [0.1, 0.15) is 6.92 Å². The second-order valence-corrected chi connectivity index (χ2v) is 5.15. The van der Waals surface area contributed by atoms with Gasteiger partial charge in [-0.05, 0) is 24.6 Å². The lowest BCUT2D eigenvalue weighted by molar-refractivity contribution is -0.0425. The van der Waals surface area contributed by atoms with Gasteiger partial charge in [0.15, 0.2) is 0 Å². The monoisotopic (exact) mass is 310 g/mol. The van der Waals surface area contributed by atoms with E-state index in [2.05, 4.69) is 20.1 Å². The summed E-state index contributed by atoms with van der Waals surface area (Å²) in [5.41, 5.74) is 0. The van der Waals surface area contributed by atoms with E-state index in [1.807, 2.05) is 11.8 Å². The number of aromatic nitrogens is 5. The van der Waals surface area contributed by atoms with E-state index in [1.165, 1.54) is 4.68 Å². The molecule has 2 aromatic rings. The predicted octanol–water partition coefficient (Wildman–Crippen LogP) is 0.297. The van der Waals surface area contributed by atoms with Crippen LogP contribution in [0.2, 0.25) is 5.28 Å². The molecule has 2 aromatic heterocycles. The summed E-state index contributed by atoms with van der Waals surface area (Å²) < 4.78 is 7.12. The van der Waals surface area contributed by atoms with E-state index in [0.29, 0.717) is 25.0 Å². The molecule has 0 amide bonds. The number of aliphatic hydroxyl groups excluding tert-OH is 1. The molecule has 9 heteroatoms. The van der Waals surface area contributed by atoms with Crippen molar-refractivity contribution < 1.29 is 9.84 Å². The van der Waals surface area contributed by atoms with Gasteiger partial charge in [-0.2, -0.15) is 20.1 Å². The minimum Gasteiger partial charge on any atom is -0.394 e. The molecule has 0 aliphatic carbocycles. The fraction of sp³-hybridized carbons (Fsp3) is 0.500. The molecule has 112 valence electrons. The summed E-state index contributed by atoms with van der Waals surface area (Å²) in [6.45, 7) is 3.01. The molecule has 0 saturated carbocycles. The Morgan fingerprint density at radius 1 is 1.33 bits per heavy atom. The summed E-state index contributed by atoms with van der Waals surface area (Å²) in [5, 5.41) is 13.5. The Kier molecular flexibility index (Phi) is 4.00. The van der Waals surface area contributed by atoms with Crippen molar-refractivity contribution >= 4 is 17.5 Å². The normalized spacial score (nSPS) is 22.5. The Balaban J connectivity index is 1.91. The van der Waals surface area contributed by atoms with E-state index < -0.39 is 0 Å². The molecule has 2 atom stereocenters. The van der Waals surface area contributed by atoms with Crippen LogP contribution in [-0.2, 0) is 4.74 Å². The van der Waals surface area contributed by atoms with Crippen molar-refractivity contribution in [3.05, 3.63) is 23.7 Å². The molecule has 0 radical (unpaired) electrons. The van der Waals surface area contributed by atoms with Crippen LogP contribution >= 0.6 is 11.6 Å². The van der Waals surface area contributed by atoms with Crippen molar-refractivity contribution in [2.45, 2.75) is 19.1 Å². The Morgan fingerprint density at radius 2 is 2.14 bits per heavy atom. The van der Waals surface area contributed by atoms with Gasteiger partial charge in [-0.15, -0.1) is 0 Å². The van der Waals surface area contributed by atoms with Gasteiger partial charge in [0.2, 0.25) is 11.2 Å². The van der Waals surface area contributed by atoms with Crippen LogP contribution in [0, 0.1) is 0 Å². The van der Waals surface area contributed by atoms with Crippen LogP contribution < -0.4 is 4.90 Å². The SMILES string of the molecule is CC1CN(c2nc(Cl)nc(-n3cccn3)n2)CC(CO)O1. The maximum atomic E-state index is 9.29. The van der Waals surface area contributed by atoms with E-state index >= 15 is 0 Å². The highest BCUT2D eigenvalue weighted by atomic mass is 35.5. The molecule has 0 aromatic carbocycles. The standard InChI is InChI=1S/C12H15ClN6O2/c1-8-5-18(6-9(7-20)21-8)11-15-10(13)16-12(17-11)19-4-2-3-14-19/h2-4,8-9,20H,5-7H2,1H3. The molecule has 8 nitrogen and oxygen atoms in total. The van der Waals surface area contributed by atoms with Gasteiger partial charge in [0.05, 0.1) is 18.8 Å². The third-order valence-corrected chi connectivity index (χ3v) is 3.28. The van der Waals surface area contributed by atoms with Crippen molar-refractivity contribution in [3.8, 4) is 5.95 Å². The smallest absolute Gasteiger partial charge is 0.256 e. The van der Waals surface area contributed by atoms with Crippen LogP contribution in [0.15, 0.2) is 18.5 Å². The fourth-order valence-electron chi connectivity index (χ4n) is 2.27. The maximum absolute atomic E-state index is 9.29. The van der Waals surface area contributed by atoms with Gasteiger partial charge in [-0.1, -0.05) is 0 Å². The molecule has 0 bridgehead atoms. The Hall–Kier alpha value is -1.77. The average Bonchev–Trinajstić information content (AvgIpc) is 3.00. The van der Waals surface area contributed by atoms with E-state index in [0.717, 1.165) is 0 Å². The van der Waals surface area contributed by atoms with Crippen molar-refractivity contribution in [1.82, 2.24) is 24.7 Å². The molecule has 3 heterocycles. The number of hydrogen-bond acceptors (Lipinski definition) is 7. The van der Waals surface area contributed by atoms with Crippen LogP contribution in [-0.4, -0.2) is 61.7 Å². The Morgan fingerprint density at radius 3 is 2.86 bits per heavy atom. The van der Waals surface area contributed by atoms with Gasteiger partial charge in [-0.25, -0.2) is 4.68 Å². The minimum atomic E-state index is -0.266. The van der Waals surface area contributed by atoms with Gasteiger partial charge in [0, 0.05) is 25.5 Å². The van der Waals surface area contributed by atoms with E-state index in [-0.39, 0.29) is 24.1 Å². The third kappa shape index (κ3) is 3.12. The first-order valence-corrected chi connectivity index (χ1v) is 6.96. The van der Waals surface area contributed by atoms with Crippen LogP contribution in [0.4, 0.5) is 5.95 Å². The van der Waals surface area contributed by atoms with E-state index in [1.54, 1.807) is 18.5 Å². The number of ether oxygens (including phenoxy) is 1. The number of anilines is 1. The number of hydrogen-bond donors (Lipinski definition) is 1. The average molecular weight is 311 g/mol. The second kappa shape index (κ2) is 5.92. The second-order valence-electron chi connectivity index (χ2n) is 4.81. The molecular formula is C12H15ClN6O2. The molecule has 21 heavy (non-hydrogen) atoms. The largest absolute Gasteiger partial charge is 0.394 e. The van der Waals surface area contributed by atoms with E-state index in [4.69, 9.17) is 16.3 Å². The molecule has 1 aliphatic rings. The third-order valence-electron chi connectivity index (χ3n) is 3.11. The quantitative estimate of drug-likeness (QED) is 0.872. The fourth-order valence-corrected chi connectivity index (χ4v) is 2.42. The van der Waals surface area contributed by atoms with Crippen molar-refractivity contribution in [2.75, 3.05) is 24.6 Å². The lowest BCUT2D eigenvalue weighted by atomic mass is 10.2. The molecular weight excluding hydrogens is 296 g/mol. The number of nitrogens with zero attached hydrogens (tertiary/aromatic N) is 6. The summed E-state index contributed by atoms with van der Waals surface area (Å²) in [6, 6.07) is 1.77. The highest BCUT2D eigenvalue weighted by Gasteiger charge is 2.27. The molecule has 1 aliphatic heterocycles. The molecule has 2 unspecified atom stereocenters. The van der Waals surface area contributed by atoms with Crippen molar-refractivity contribution in [1.29, 1.82) is 0 Å². The summed E-state index contributed by atoms with van der Waals surface area (Å²) in [7, 11) is 0. The van der Waals surface area contributed by atoms with Gasteiger partial charge >= 0.3 is 0 Å². The number of halogens is 1. The molecule has 1 fully saturated rings. The number of aliphatic hydroxyl groups is 1. The Bertz CT molecular complexity index is 608.